The number of methoxy groups -OCH3 is 1. The molecule has 4 heteroatoms. The van der Waals surface area contributed by atoms with E-state index in [9.17, 15) is 4.21 Å². The maximum Gasteiger partial charge on any atom is 0.134 e. The van der Waals surface area contributed by atoms with Crippen LogP contribution in [-0.2, 0) is 10.8 Å². The zero-order valence-corrected chi connectivity index (χ0v) is 13.1. The summed E-state index contributed by atoms with van der Waals surface area (Å²) in [5, 5.41) is 3.42. The van der Waals surface area contributed by atoms with Crippen molar-refractivity contribution in [3.8, 4) is 5.75 Å². The first-order valence-corrected chi connectivity index (χ1v) is 8.11. The molecule has 3 unspecified atom stereocenters. The summed E-state index contributed by atoms with van der Waals surface area (Å²) in [6.45, 7) is 4.25. The number of nitrogens with one attached hydrogen (secondary N) is 1. The van der Waals surface area contributed by atoms with Crippen LogP contribution in [0.2, 0.25) is 0 Å². The van der Waals surface area contributed by atoms with Crippen LogP contribution < -0.4 is 10.1 Å². The minimum absolute atomic E-state index is 0.112. The third-order valence-corrected chi connectivity index (χ3v) is 5.36. The van der Waals surface area contributed by atoms with Crippen molar-refractivity contribution in [2.45, 2.75) is 49.3 Å². The fraction of sp³-hybridized carbons (Fsp3) is 0.600. The number of para-hydroxylation sites is 1. The molecule has 3 atom stereocenters. The van der Waals surface area contributed by atoms with E-state index in [1.165, 1.54) is 0 Å². The standard InChI is InChI=1S/C15H25NO2S/c1-5-9-12(16-3)14(6-2)19(17)15-11-8-7-10-13(15)18-4/h7-8,10-12,14,16H,5-6,9H2,1-4H3. The third kappa shape index (κ3) is 4.05. The normalized spacial score (nSPS) is 15.8. The van der Waals surface area contributed by atoms with E-state index in [1.807, 2.05) is 31.3 Å². The number of ether oxygens (including phenoxy) is 1. The summed E-state index contributed by atoms with van der Waals surface area (Å²) in [5.41, 5.74) is 0. The smallest absolute Gasteiger partial charge is 0.134 e. The van der Waals surface area contributed by atoms with Gasteiger partial charge in [-0.2, -0.15) is 0 Å². The Balaban J connectivity index is 3.00. The van der Waals surface area contributed by atoms with Gasteiger partial charge in [0.25, 0.3) is 0 Å². The number of rotatable bonds is 8. The Morgan fingerprint density at radius 2 is 2.00 bits per heavy atom. The van der Waals surface area contributed by atoms with Crippen molar-refractivity contribution in [1.82, 2.24) is 5.32 Å². The molecule has 0 aliphatic carbocycles. The zero-order valence-electron chi connectivity index (χ0n) is 12.3. The van der Waals surface area contributed by atoms with Gasteiger partial charge in [0.05, 0.1) is 28.1 Å². The molecule has 3 nitrogen and oxygen atoms in total. The maximum absolute atomic E-state index is 12.8. The minimum atomic E-state index is -1.05. The molecule has 1 aromatic carbocycles. The Bertz CT molecular complexity index is 409. The zero-order chi connectivity index (χ0) is 14.3. The van der Waals surface area contributed by atoms with Crippen LogP contribution in [0.25, 0.3) is 0 Å². The van der Waals surface area contributed by atoms with Crippen molar-refractivity contribution >= 4 is 10.8 Å². The van der Waals surface area contributed by atoms with Gasteiger partial charge in [0.1, 0.15) is 5.75 Å². The van der Waals surface area contributed by atoms with Crippen molar-refractivity contribution in [3.05, 3.63) is 24.3 Å². The number of benzene rings is 1. The molecule has 1 rings (SSSR count). The van der Waals surface area contributed by atoms with Gasteiger partial charge >= 0.3 is 0 Å². The number of hydrogen-bond acceptors (Lipinski definition) is 3. The average Bonchev–Trinajstić information content (AvgIpc) is 2.46. The highest BCUT2D eigenvalue weighted by Crippen LogP contribution is 2.26. The molecule has 0 heterocycles. The first kappa shape index (κ1) is 16.2. The minimum Gasteiger partial charge on any atom is -0.495 e. The van der Waals surface area contributed by atoms with Crippen LogP contribution in [-0.4, -0.2) is 29.7 Å². The molecule has 0 aliphatic heterocycles. The van der Waals surface area contributed by atoms with Crippen molar-refractivity contribution < 1.29 is 8.95 Å². The molecule has 0 spiro atoms. The van der Waals surface area contributed by atoms with E-state index in [-0.39, 0.29) is 11.3 Å². The van der Waals surface area contributed by atoms with Gasteiger partial charge in [-0.15, -0.1) is 0 Å². The van der Waals surface area contributed by atoms with Gasteiger partial charge in [-0.25, -0.2) is 0 Å². The monoisotopic (exact) mass is 283 g/mol. The van der Waals surface area contributed by atoms with Crippen molar-refractivity contribution in [2.75, 3.05) is 14.2 Å². The van der Waals surface area contributed by atoms with Crippen molar-refractivity contribution in [2.24, 2.45) is 0 Å². The highest BCUT2D eigenvalue weighted by atomic mass is 32.2. The molecule has 0 saturated heterocycles. The summed E-state index contributed by atoms with van der Waals surface area (Å²) in [4.78, 5) is 0.799. The molecule has 0 aromatic heterocycles. The van der Waals surface area contributed by atoms with Gasteiger partial charge in [0.2, 0.25) is 0 Å². The third-order valence-electron chi connectivity index (χ3n) is 3.38. The maximum atomic E-state index is 12.8. The predicted molar refractivity (Wildman–Crippen MR) is 81.2 cm³/mol. The van der Waals surface area contributed by atoms with E-state index in [0.717, 1.165) is 24.2 Å². The van der Waals surface area contributed by atoms with Crippen LogP contribution >= 0.6 is 0 Å². The fourth-order valence-electron chi connectivity index (χ4n) is 2.36. The summed E-state index contributed by atoms with van der Waals surface area (Å²) < 4.78 is 18.1. The van der Waals surface area contributed by atoms with E-state index in [4.69, 9.17) is 4.74 Å². The van der Waals surface area contributed by atoms with E-state index in [2.05, 4.69) is 19.2 Å². The first-order chi connectivity index (χ1) is 9.19. The molecule has 0 amide bonds. The van der Waals surface area contributed by atoms with Gasteiger partial charge in [-0.3, -0.25) is 4.21 Å². The lowest BCUT2D eigenvalue weighted by atomic mass is 10.1. The van der Waals surface area contributed by atoms with E-state index < -0.39 is 10.8 Å². The molecular formula is C15H25NO2S. The lowest BCUT2D eigenvalue weighted by Crippen LogP contribution is -2.40. The quantitative estimate of drug-likeness (QED) is 0.797. The van der Waals surface area contributed by atoms with Crippen molar-refractivity contribution in [3.63, 3.8) is 0 Å². The summed E-state index contributed by atoms with van der Waals surface area (Å²) >= 11 is 0. The molecule has 0 saturated carbocycles. The van der Waals surface area contributed by atoms with Gasteiger partial charge in [0, 0.05) is 6.04 Å². The molecule has 0 bridgehead atoms. The second-order valence-electron chi connectivity index (χ2n) is 4.58. The average molecular weight is 283 g/mol. The van der Waals surface area contributed by atoms with Crippen LogP contribution in [0, 0.1) is 0 Å². The van der Waals surface area contributed by atoms with Crippen LogP contribution in [0.4, 0.5) is 0 Å². The Kier molecular flexibility index (Phi) is 7.10. The van der Waals surface area contributed by atoms with Gasteiger partial charge in [-0.05, 0) is 32.0 Å². The summed E-state index contributed by atoms with van der Waals surface area (Å²) in [6, 6.07) is 7.86. The molecule has 0 fully saturated rings. The van der Waals surface area contributed by atoms with Crippen LogP contribution in [0.1, 0.15) is 33.1 Å². The second-order valence-corrected chi connectivity index (χ2v) is 6.22. The van der Waals surface area contributed by atoms with E-state index >= 15 is 0 Å². The molecule has 0 aliphatic rings. The second kappa shape index (κ2) is 8.33. The summed E-state index contributed by atoms with van der Waals surface area (Å²) in [7, 11) is 2.52. The topological polar surface area (TPSA) is 38.3 Å². The van der Waals surface area contributed by atoms with Crippen molar-refractivity contribution in [1.29, 1.82) is 0 Å². The largest absolute Gasteiger partial charge is 0.495 e. The van der Waals surface area contributed by atoms with Crippen LogP contribution in [0.5, 0.6) is 5.75 Å². The van der Waals surface area contributed by atoms with Gasteiger partial charge < -0.3 is 10.1 Å². The molecule has 108 valence electrons. The molecular weight excluding hydrogens is 258 g/mol. The number of hydrogen-bond donors (Lipinski definition) is 1. The van der Waals surface area contributed by atoms with Crippen LogP contribution in [0.3, 0.4) is 0 Å². The van der Waals surface area contributed by atoms with E-state index in [1.54, 1.807) is 7.11 Å². The highest BCUT2D eigenvalue weighted by molar-refractivity contribution is 7.85. The summed E-state index contributed by atoms with van der Waals surface area (Å²) in [5.74, 6) is 0.714. The Morgan fingerprint density at radius 1 is 1.32 bits per heavy atom. The molecule has 1 N–H and O–H groups in total. The molecule has 19 heavy (non-hydrogen) atoms. The van der Waals surface area contributed by atoms with Gasteiger partial charge in [-0.1, -0.05) is 32.4 Å². The highest BCUT2D eigenvalue weighted by Gasteiger charge is 2.26. The lowest BCUT2D eigenvalue weighted by Gasteiger charge is -2.25. The predicted octanol–water partition coefficient (Wildman–Crippen LogP) is 2.97. The molecule has 1 aromatic rings. The van der Waals surface area contributed by atoms with Crippen LogP contribution in [0.15, 0.2) is 29.2 Å². The Labute approximate surface area is 119 Å². The Hall–Kier alpha value is -0.870. The summed E-state index contributed by atoms with van der Waals surface area (Å²) in [6.07, 6.45) is 3.01. The lowest BCUT2D eigenvalue weighted by molar-refractivity contribution is 0.403. The first-order valence-electron chi connectivity index (χ1n) is 6.90. The Morgan fingerprint density at radius 3 is 2.53 bits per heavy atom. The SMILES string of the molecule is CCCC(NC)C(CC)S(=O)c1ccccc1OC. The molecule has 0 radical (unpaired) electrons. The van der Waals surface area contributed by atoms with E-state index in [0.29, 0.717) is 5.75 Å². The fourth-order valence-corrected chi connectivity index (χ4v) is 4.12. The van der Waals surface area contributed by atoms with Gasteiger partial charge in [0.15, 0.2) is 0 Å².